The summed E-state index contributed by atoms with van der Waals surface area (Å²) in [7, 11) is 0. The van der Waals surface area contributed by atoms with Crippen LogP contribution >= 0.6 is 0 Å². The zero-order valence-corrected chi connectivity index (χ0v) is 21.3. The highest BCUT2D eigenvalue weighted by Crippen LogP contribution is 2.30. The molecule has 0 saturated heterocycles. The number of nitrogens with two attached hydrogens (primary N) is 2. The molecule has 0 unspecified atom stereocenters. The minimum Gasteiger partial charge on any atom is -0.398 e. The fourth-order valence-electron chi connectivity index (χ4n) is 3.53. The van der Waals surface area contributed by atoms with Crippen LogP contribution < -0.4 is 11.5 Å². The number of anilines is 2. The smallest absolute Gasteiger partial charge is 0.0384 e. The molecule has 0 radical (unpaired) electrons. The molecule has 0 saturated carbocycles. The van der Waals surface area contributed by atoms with Crippen LogP contribution in [0, 0.1) is 0 Å². The van der Waals surface area contributed by atoms with Gasteiger partial charge in [0.15, 0.2) is 0 Å². The quantitative estimate of drug-likeness (QED) is 0.408. The van der Waals surface area contributed by atoms with Gasteiger partial charge >= 0.3 is 0 Å². The van der Waals surface area contributed by atoms with E-state index in [1.165, 1.54) is 22.3 Å². The van der Waals surface area contributed by atoms with Crippen LogP contribution in [0.3, 0.4) is 0 Å². The maximum absolute atomic E-state index is 6.09. The van der Waals surface area contributed by atoms with Gasteiger partial charge in [0, 0.05) is 23.8 Å². The van der Waals surface area contributed by atoms with Crippen molar-refractivity contribution >= 4 is 11.4 Å². The van der Waals surface area contributed by atoms with E-state index >= 15 is 0 Å². The SMILES string of the molecule is CC(C)c1cccc(C(C)C)c1N.CC(C)c1cccc(C(C)C)c1N.c1ccncc1. The maximum atomic E-state index is 6.09. The summed E-state index contributed by atoms with van der Waals surface area (Å²) in [6.45, 7) is 17.4. The van der Waals surface area contributed by atoms with E-state index in [0.717, 1.165) is 11.4 Å². The molecular formula is C29H43N3. The van der Waals surface area contributed by atoms with Crippen LogP contribution in [0.4, 0.5) is 11.4 Å². The number of aromatic nitrogens is 1. The number of para-hydroxylation sites is 2. The summed E-state index contributed by atoms with van der Waals surface area (Å²) < 4.78 is 0. The third-order valence-corrected chi connectivity index (χ3v) is 5.40. The highest BCUT2D eigenvalue weighted by Gasteiger charge is 2.10. The van der Waals surface area contributed by atoms with Crippen LogP contribution in [0.25, 0.3) is 0 Å². The Morgan fingerprint density at radius 2 is 0.750 bits per heavy atom. The lowest BCUT2D eigenvalue weighted by atomic mass is 9.93. The normalized spacial score (nSPS) is 10.6. The topological polar surface area (TPSA) is 64.9 Å². The number of nitrogens with zero attached hydrogens (tertiary/aromatic N) is 1. The number of hydrogen-bond donors (Lipinski definition) is 2. The summed E-state index contributed by atoms with van der Waals surface area (Å²) >= 11 is 0. The Kier molecular flexibility index (Phi) is 11.5. The molecule has 3 rings (SSSR count). The molecule has 4 N–H and O–H groups in total. The van der Waals surface area contributed by atoms with Crippen molar-refractivity contribution in [3.63, 3.8) is 0 Å². The van der Waals surface area contributed by atoms with E-state index in [2.05, 4.69) is 96.8 Å². The van der Waals surface area contributed by atoms with Crippen molar-refractivity contribution in [2.45, 2.75) is 79.1 Å². The van der Waals surface area contributed by atoms with Gasteiger partial charge in [0.2, 0.25) is 0 Å². The minimum atomic E-state index is 0.513. The Bertz CT molecular complexity index is 772. The zero-order valence-electron chi connectivity index (χ0n) is 21.3. The molecule has 0 bridgehead atoms. The molecule has 3 nitrogen and oxygen atoms in total. The van der Waals surface area contributed by atoms with E-state index in [1.54, 1.807) is 12.4 Å². The van der Waals surface area contributed by atoms with Crippen molar-refractivity contribution in [1.29, 1.82) is 0 Å². The van der Waals surface area contributed by atoms with Gasteiger partial charge in [-0.2, -0.15) is 0 Å². The lowest BCUT2D eigenvalue weighted by molar-refractivity contribution is 0.839. The molecule has 0 fully saturated rings. The molecule has 0 aliphatic rings. The molecular weight excluding hydrogens is 390 g/mol. The van der Waals surface area contributed by atoms with Crippen LogP contribution in [0.15, 0.2) is 67.0 Å². The molecule has 2 aromatic carbocycles. The predicted octanol–water partition coefficient (Wildman–Crippen LogP) is 8.11. The average Bonchev–Trinajstić information content (AvgIpc) is 2.75. The van der Waals surface area contributed by atoms with E-state index in [4.69, 9.17) is 11.5 Å². The van der Waals surface area contributed by atoms with Crippen molar-refractivity contribution in [2.24, 2.45) is 0 Å². The Morgan fingerprint density at radius 3 is 0.906 bits per heavy atom. The van der Waals surface area contributed by atoms with Crippen LogP contribution in [0.1, 0.15) is 101 Å². The van der Waals surface area contributed by atoms with Crippen molar-refractivity contribution < 1.29 is 0 Å². The van der Waals surface area contributed by atoms with E-state index in [1.807, 2.05) is 18.2 Å². The van der Waals surface area contributed by atoms with Gasteiger partial charge in [-0.25, -0.2) is 0 Å². The lowest BCUT2D eigenvalue weighted by Gasteiger charge is -2.15. The molecule has 174 valence electrons. The number of benzene rings is 2. The number of hydrogen-bond acceptors (Lipinski definition) is 3. The van der Waals surface area contributed by atoms with Crippen LogP contribution in [0.2, 0.25) is 0 Å². The summed E-state index contributed by atoms with van der Waals surface area (Å²) in [5, 5.41) is 0. The van der Waals surface area contributed by atoms with E-state index in [9.17, 15) is 0 Å². The highest BCUT2D eigenvalue weighted by atomic mass is 14.6. The predicted molar refractivity (Wildman–Crippen MR) is 142 cm³/mol. The fourth-order valence-corrected chi connectivity index (χ4v) is 3.53. The first-order chi connectivity index (χ1) is 15.1. The summed E-state index contributed by atoms with van der Waals surface area (Å²) in [6.07, 6.45) is 3.50. The van der Waals surface area contributed by atoms with Gasteiger partial charge < -0.3 is 11.5 Å². The van der Waals surface area contributed by atoms with Gasteiger partial charge in [-0.05, 0) is 58.1 Å². The largest absolute Gasteiger partial charge is 0.398 e. The van der Waals surface area contributed by atoms with Crippen molar-refractivity contribution in [1.82, 2.24) is 4.98 Å². The zero-order chi connectivity index (χ0) is 24.3. The first kappa shape index (κ1) is 27.2. The van der Waals surface area contributed by atoms with Gasteiger partial charge in [0.25, 0.3) is 0 Å². The number of nitrogen functional groups attached to an aromatic ring is 2. The fraction of sp³-hybridized carbons (Fsp3) is 0.414. The molecule has 3 heteroatoms. The molecule has 0 amide bonds. The van der Waals surface area contributed by atoms with Gasteiger partial charge in [-0.3, -0.25) is 4.98 Å². The summed E-state index contributed by atoms with van der Waals surface area (Å²) in [5.74, 6) is 2.05. The first-order valence-electron chi connectivity index (χ1n) is 11.7. The molecule has 0 aliphatic heterocycles. The van der Waals surface area contributed by atoms with E-state index in [-0.39, 0.29) is 0 Å². The standard InChI is InChI=1S/2C12H19N.C5H5N/c2*1-8(2)10-6-5-7-11(9(3)4)12(10)13;1-2-4-6-5-3-1/h2*5-9H,13H2,1-4H3;1-5H. The molecule has 0 spiro atoms. The second-order valence-electron chi connectivity index (χ2n) is 9.34. The van der Waals surface area contributed by atoms with Crippen molar-refractivity contribution in [3.8, 4) is 0 Å². The van der Waals surface area contributed by atoms with Crippen molar-refractivity contribution in [3.05, 3.63) is 89.2 Å². The molecule has 32 heavy (non-hydrogen) atoms. The highest BCUT2D eigenvalue weighted by molar-refractivity contribution is 5.57. The summed E-state index contributed by atoms with van der Waals surface area (Å²) in [4.78, 5) is 3.78. The Morgan fingerprint density at radius 1 is 0.469 bits per heavy atom. The Hall–Kier alpha value is -2.81. The second-order valence-corrected chi connectivity index (χ2v) is 9.34. The third kappa shape index (κ3) is 8.37. The van der Waals surface area contributed by atoms with Gasteiger partial charge in [0.1, 0.15) is 0 Å². The number of pyridine rings is 1. The van der Waals surface area contributed by atoms with Gasteiger partial charge in [-0.15, -0.1) is 0 Å². The maximum Gasteiger partial charge on any atom is 0.0384 e. The first-order valence-corrected chi connectivity index (χ1v) is 11.7. The monoisotopic (exact) mass is 433 g/mol. The summed E-state index contributed by atoms with van der Waals surface area (Å²) in [5.41, 5.74) is 19.2. The second kappa shape index (κ2) is 13.6. The lowest BCUT2D eigenvalue weighted by Crippen LogP contribution is -2.02. The summed E-state index contributed by atoms with van der Waals surface area (Å²) in [6, 6.07) is 18.4. The van der Waals surface area contributed by atoms with Gasteiger partial charge in [-0.1, -0.05) is 97.9 Å². The van der Waals surface area contributed by atoms with Crippen LogP contribution in [-0.4, -0.2) is 4.98 Å². The Balaban J connectivity index is 0.000000256. The molecule has 0 aliphatic carbocycles. The van der Waals surface area contributed by atoms with E-state index in [0.29, 0.717) is 23.7 Å². The molecule has 1 heterocycles. The number of rotatable bonds is 4. The van der Waals surface area contributed by atoms with Gasteiger partial charge in [0.05, 0.1) is 0 Å². The minimum absolute atomic E-state index is 0.513. The molecule has 1 aromatic heterocycles. The van der Waals surface area contributed by atoms with E-state index < -0.39 is 0 Å². The molecule has 3 aromatic rings. The Labute approximate surface area is 196 Å². The van der Waals surface area contributed by atoms with Crippen molar-refractivity contribution in [2.75, 3.05) is 11.5 Å². The van der Waals surface area contributed by atoms with Crippen LogP contribution in [0.5, 0.6) is 0 Å². The van der Waals surface area contributed by atoms with Crippen LogP contribution in [-0.2, 0) is 0 Å². The average molecular weight is 434 g/mol. The molecule has 0 atom stereocenters. The third-order valence-electron chi connectivity index (χ3n) is 5.40.